The van der Waals surface area contributed by atoms with Crippen LogP contribution in [0.5, 0.6) is 0 Å². The second kappa shape index (κ2) is 4.51. The SMILES string of the molecule is CCc1cc(F)c(F)c(CC(C)N)c1. The summed E-state index contributed by atoms with van der Waals surface area (Å²) >= 11 is 0. The Hall–Kier alpha value is -0.960. The van der Waals surface area contributed by atoms with E-state index in [-0.39, 0.29) is 6.04 Å². The smallest absolute Gasteiger partial charge is 0.162 e. The summed E-state index contributed by atoms with van der Waals surface area (Å²) in [6.07, 6.45) is 1.07. The Balaban J connectivity index is 3.07. The lowest BCUT2D eigenvalue weighted by atomic mass is 10.0. The van der Waals surface area contributed by atoms with Gasteiger partial charge in [-0.3, -0.25) is 0 Å². The number of aryl methyl sites for hydroxylation is 1. The minimum Gasteiger partial charge on any atom is -0.328 e. The highest BCUT2D eigenvalue weighted by Crippen LogP contribution is 2.16. The molecular formula is C11H15F2N. The van der Waals surface area contributed by atoms with E-state index < -0.39 is 11.6 Å². The summed E-state index contributed by atoms with van der Waals surface area (Å²) in [6, 6.07) is 2.76. The molecule has 3 heteroatoms. The standard InChI is InChI=1S/C11H15F2N/c1-3-8-5-9(4-7(2)14)11(13)10(12)6-8/h5-7H,3-4,14H2,1-2H3. The Morgan fingerprint density at radius 2 is 2.00 bits per heavy atom. The summed E-state index contributed by atoms with van der Waals surface area (Å²) in [4.78, 5) is 0. The van der Waals surface area contributed by atoms with Crippen LogP contribution in [0, 0.1) is 11.6 Å². The van der Waals surface area contributed by atoms with Gasteiger partial charge in [0.1, 0.15) is 0 Å². The van der Waals surface area contributed by atoms with E-state index in [9.17, 15) is 8.78 Å². The van der Waals surface area contributed by atoms with Crippen LogP contribution in [0.1, 0.15) is 25.0 Å². The largest absolute Gasteiger partial charge is 0.328 e. The molecule has 14 heavy (non-hydrogen) atoms. The van der Waals surface area contributed by atoms with Gasteiger partial charge in [-0.1, -0.05) is 13.0 Å². The van der Waals surface area contributed by atoms with Crippen molar-refractivity contribution in [1.29, 1.82) is 0 Å². The first-order valence-electron chi connectivity index (χ1n) is 4.77. The monoisotopic (exact) mass is 199 g/mol. The molecule has 0 aliphatic heterocycles. The molecule has 1 unspecified atom stereocenters. The van der Waals surface area contributed by atoms with Crippen LogP contribution in [0.4, 0.5) is 8.78 Å². The third-order valence-electron chi connectivity index (χ3n) is 2.11. The van der Waals surface area contributed by atoms with Crippen molar-refractivity contribution in [3.8, 4) is 0 Å². The number of hydrogen-bond donors (Lipinski definition) is 1. The minimum absolute atomic E-state index is 0.156. The van der Waals surface area contributed by atoms with Gasteiger partial charge >= 0.3 is 0 Å². The summed E-state index contributed by atoms with van der Waals surface area (Å²) in [5, 5.41) is 0. The van der Waals surface area contributed by atoms with Crippen molar-refractivity contribution in [2.45, 2.75) is 32.7 Å². The lowest BCUT2D eigenvalue weighted by Gasteiger charge is -2.09. The fraction of sp³-hybridized carbons (Fsp3) is 0.455. The number of rotatable bonds is 3. The third-order valence-corrected chi connectivity index (χ3v) is 2.11. The van der Waals surface area contributed by atoms with E-state index in [0.717, 1.165) is 5.56 Å². The highest BCUT2D eigenvalue weighted by Gasteiger charge is 2.11. The van der Waals surface area contributed by atoms with Gasteiger partial charge in [0.15, 0.2) is 11.6 Å². The molecule has 0 spiro atoms. The van der Waals surface area contributed by atoms with Gasteiger partial charge < -0.3 is 5.73 Å². The lowest BCUT2D eigenvalue weighted by molar-refractivity contribution is 0.493. The molecule has 1 atom stereocenters. The van der Waals surface area contributed by atoms with E-state index in [1.54, 1.807) is 13.0 Å². The average Bonchev–Trinajstić information content (AvgIpc) is 2.11. The number of nitrogens with two attached hydrogens (primary N) is 1. The van der Waals surface area contributed by atoms with E-state index in [0.29, 0.717) is 18.4 Å². The summed E-state index contributed by atoms with van der Waals surface area (Å²) in [5.41, 5.74) is 6.72. The molecule has 1 nitrogen and oxygen atoms in total. The molecule has 0 saturated carbocycles. The van der Waals surface area contributed by atoms with Gasteiger partial charge in [-0.05, 0) is 37.0 Å². The zero-order valence-corrected chi connectivity index (χ0v) is 8.48. The topological polar surface area (TPSA) is 26.0 Å². The fourth-order valence-electron chi connectivity index (χ4n) is 1.41. The van der Waals surface area contributed by atoms with Gasteiger partial charge in [-0.25, -0.2) is 8.78 Å². The molecular weight excluding hydrogens is 184 g/mol. The number of benzene rings is 1. The summed E-state index contributed by atoms with van der Waals surface area (Å²) in [5.74, 6) is -1.54. The number of hydrogen-bond acceptors (Lipinski definition) is 1. The fourth-order valence-corrected chi connectivity index (χ4v) is 1.41. The summed E-state index contributed by atoms with van der Waals surface area (Å²) < 4.78 is 26.3. The Morgan fingerprint density at radius 3 is 2.50 bits per heavy atom. The summed E-state index contributed by atoms with van der Waals surface area (Å²) in [7, 11) is 0. The Bertz CT molecular complexity index is 321. The van der Waals surface area contributed by atoms with Crippen LogP contribution < -0.4 is 5.73 Å². The molecule has 1 rings (SSSR count). The van der Waals surface area contributed by atoms with Gasteiger partial charge in [-0.2, -0.15) is 0 Å². The van der Waals surface area contributed by atoms with E-state index in [2.05, 4.69) is 0 Å². The molecule has 0 aliphatic carbocycles. The van der Waals surface area contributed by atoms with Crippen molar-refractivity contribution in [1.82, 2.24) is 0 Å². The molecule has 0 bridgehead atoms. The van der Waals surface area contributed by atoms with Crippen LogP contribution in [-0.2, 0) is 12.8 Å². The van der Waals surface area contributed by atoms with Crippen LogP contribution in [-0.4, -0.2) is 6.04 Å². The second-order valence-electron chi connectivity index (χ2n) is 3.59. The molecule has 1 aromatic rings. The predicted molar refractivity (Wildman–Crippen MR) is 53.1 cm³/mol. The first kappa shape index (κ1) is 11.1. The molecule has 0 saturated heterocycles. The van der Waals surface area contributed by atoms with Crippen LogP contribution in [0.25, 0.3) is 0 Å². The minimum atomic E-state index is -0.778. The van der Waals surface area contributed by atoms with Crippen LogP contribution in [0.2, 0.25) is 0 Å². The Morgan fingerprint density at radius 1 is 1.36 bits per heavy atom. The van der Waals surface area contributed by atoms with Crippen molar-refractivity contribution < 1.29 is 8.78 Å². The van der Waals surface area contributed by atoms with Gasteiger partial charge in [0.25, 0.3) is 0 Å². The maximum atomic E-state index is 13.2. The zero-order valence-electron chi connectivity index (χ0n) is 8.48. The van der Waals surface area contributed by atoms with E-state index in [1.807, 2.05) is 6.92 Å². The van der Waals surface area contributed by atoms with E-state index in [4.69, 9.17) is 5.73 Å². The van der Waals surface area contributed by atoms with Crippen molar-refractivity contribution >= 4 is 0 Å². The third kappa shape index (κ3) is 2.51. The van der Waals surface area contributed by atoms with Crippen LogP contribution in [0.3, 0.4) is 0 Å². The molecule has 0 aliphatic rings. The van der Waals surface area contributed by atoms with E-state index >= 15 is 0 Å². The lowest BCUT2D eigenvalue weighted by Crippen LogP contribution is -2.19. The van der Waals surface area contributed by atoms with Gasteiger partial charge in [0, 0.05) is 6.04 Å². The highest BCUT2D eigenvalue weighted by molar-refractivity contribution is 5.27. The first-order valence-corrected chi connectivity index (χ1v) is 4.77. The molecule has 78 valence electrons. The average molecular weight is 199 g/mol. The predicted octanol–water partition coefficient (Wildman–Crippen LogP) is 2.42. The molecule has 2 N–H and O–H groups in total. The molecule has 0 heterocycles. The van der Waals surface area contributed by atoms with Gasteiger partial charge in [-0.15, -0.1) is 0 Å². The molecule has 0 aromatic heterocycles. The Kier molecular flexibility index (Phi) is 3.58. The van der Waals surface area contributed by atoms with Crippen molar-refractivity contribution in [3.63, 3.8) is 0 Å². The normalized spacial score (nSPS) is 12.9. The zero-order chi connectivity index (χ0) is 10.7. The second-order valence-corrected chi connectivity index (χ2v) is 3.59. The van der Waals surface area contributed by atoms with Crippen molar-refractivity contribution in [2.75, 3.05) is 0 Å². The van der Waals surface area contributed by atoms with E-state index in [1.165, 1.54) is 6.07 Å². The molecule has 0 amide bonds. The first-order chi connectivity index (χ1) is 6.54. The molecule has 1 aromatic carbocycles. The molecule has 0 fully saturated rings. The van der Waals surface area contributed by atoms with Crippen molar-refractivity contribution in [3.05, 3.63) is 34.9 Å². The number of halogens is 2. The van der Waals surface area contributed by atoms with Crippen LogP contribution in [0.15, 0.2) is 12.1 Å². The molecule has 0 radical (unpaired) electrons. The maximum absolute atomic E-state index is 13.2. The maximum Gasteiger partial charge on any atom is 0.162 e. The van der Waals surface area contributed by atoms with Gasteiger partial charge in [0.05, 0.1) is 0 Å². The highest BCUT2D eigenvalue weighted by atomic mass is 19.2. The van der Waals surface area contributed by atoms with Gasteiger partial charge in [0.2, 0.25) is 0 Å². The van der Waals surface area contributed by atoms with Crippen LogP contribution >= 0.6 is 0 Å². The quantitative estimate of drug-likeness (QED) is 0.794. The Labute approximate surface area is 82.9 Å². The van der Waals surface area contributed by atoms with Crippen molar-refractivity contribution in [2.24, 2.45) is 5.73 Å². The summed E-state index contributed by atoms with van der Waals surface area (Å²) in [6.45, 7) is 3.68.